The molecule has 0 saturated heterocycles. The lowest BCUT2D eigenvalue weighted by molar-refractivity contribution is 0.0616. The van der Waals surface area contributed by atoms with Gasteiger partial charge in [-0.2, -0.15) is 5.10 Å². The standard InChI is InChI=1S/C12H17N3O2S2/c1-9(14-15-12(18)19)11-7-10(3-4-13-11)8-17-6-5-16-2/h3-4,7H,5-6,8H2,1-2H3,(H2,15,18,19)/b14-9+. The summed E-state index contributed by atoms with van der Waals surface area (Å²) < 4.78 is 10.7. The Bertz CT molecular complexity index is 452. The van der Waals surface area contributed by atoms with Gasteiger partial charge >= 0.3 is 0 Å². The average molecular weight is 299 g/mol. The molecule has 0 aliphatic rings. The average Bonchev–Trinajstić information content (AvgIpc) is 2.41. The summed E-state index contributed by atoms with van der Waals surface area (Å²) in [5.41, 5.74) is 5.15. The monoisotopic (exact) mass is 299 g/mol. The van der Waals surface area contributed by atoms with E-state index in [1.165, 1.54) is 0 Å². The molecule has 0 radical (unpaired) electrons. The molecule has 0 amide bonds. The van der Waals surface area contributed by atoms with Crippen LogP contribution in [0.4, 0.5) is 0 Å². The molecule has 1 heterocycles. The largest absolute Gasteiger partial charge is 0.382 e. The van der Waals surface area contributed by atoms with Gasteiger partial charge in [-0.05, 0) is 24.6 Å². The summed E-state index contributed by atoms with van der Waals surface area (Å²) >= 11 is 8.70. The predicted molar refractivity (Wildman–Crippen MR) is 82.7 cm³/mol. The van der Waals surface area contributed by atoms with Crippen LogP contribution in [-0.4, -0.2) is 35.3 Å². The van der Waals surface area contributed by atoms with Gasteiger partial charge in [-0.25, -0.2) is 0 Å². The maximum atomic E-state index is 5.45. The lowest BCUT2D eigenvalue weighted by Crippen LogP contribution is -2.12. The summed E-state index contributed by atoms with van der Waals surface area (Å²) in [5.74, 6) is 0. The fourth-order valence-corrected chi connectivity index (χ4v) is 1.38. The fraction of sp³-hybridized carbons (Fsp3) is 0.417. The van der Waals surface area contributed by atoms with Gasteiger partial charge in [0.1, 0.15) is 0 Å². The minimum Gasteiger partial charge on any atom is -0.382 e. The molecule has 5 nitrogen and oxygen atoms in total. The van der Waals surface area contributed by atoms with Crippen molar-refractivity contribution < 1.29 is 9.47 Å². The molecule has 1 rings (SSSR count). The van der Waals surface area contributed by atoms with Crippen molar-refractivity contribution >= 4 is 34.9 Å². The van der Waals surface area contributed by atoms with E-state index in [9.17, 15) is 0 Å². The number of methoxy groups -OCH3 is 1. The molecule has 7 heteroatoms. The fourth-order valence-electron chi connectivity index (χ4n) is 1.28. The third-order valence-corrected chi connectivity index (χ3v) is 2.41. The number of aromatic nitrogens is 1. The zero-order chi connectivity index (χ0) is 14.1. The molecule has 104 valence electrons. The molecule has 0 saturated carbocycles. The van der Waals surface area contributed by atoms with Crippen molar-refractivity contribution in [1.29, 1.82) is 0 Å². The highest BCUT2D eigenvalue weighted by Crippen LogP contribution is 2.05. The summed E-state index contributed by atoms with van der Waals surface area (Å²) in [6, 6.07) is 3.83. The number of hydrogen-bond acceptors (Lipinski definition) is 5. The topological polar surface area (TPSA) is 55.7 Å². The molecule has 19 heavy (non-hydrogen) atoms. The van der Waals surface area contributed by atoms with Gasteiger partial charge in [-0.1, -0.05) is 12.2 Å². The van der Waals surface area contributed by atoms with Crippen molar-refractivity contribution in [2.24, 2.45) is 5.10 Å². The number of thiocarbonyl (C=S) groups is 1. The van der Waals surface area contributed by atoms with Crippen LogP contribution in [-0.2, 0) is 16.1 Å². The van der Waals surface area contributed by atoms with Gasteiger partial charge in [0.15, 0.2) is 4.32 Å². The molecule has 1 aromatic rings. The van der Waals surface area contributed by atoms with Gasteiger partial charge < -0.3 is 9.47 Å². The van der Waals surface area contributed by atoms with Gasteiger partial charge in [0.05, 0.1) is 31.2 Å². The van der Waals surface area contributed by atoms with Gasteiger partial charge in [-0.3, -0.25) is 10.4 Å². The molecule has 0 spiro atoms. The second-order valence-corrected chi connectivity index (χ2v) is 4.87. The second kappa shape index (κ2) is 8.98. The van der Waals surface area contributed by atoms with E-state index in [1.54, 1.807) is 13.3 Å². The lowest BCUT2D eigenvalue weighted by atomic mass is 10.2. The molecule has 1 N–H and O–H groups in total. The minimum absolute atomic E-state index is 0.318. The molecule has 0 fully saturated rings. The SMILES string of the molecule is COCCOCc1ccnc(/C(C)=N/NC(=S)S)c1. The van der Waals surface area contributed by atoms with E-state index in [0.717, 1.165) is 17.0 Å². The number of hydrogen-bond donors (Lipinski definition) is 2. The van der Waals surface area contributed by atoms with Gasteiger partial charge in [-0.15, -0.1) is 12.6 Å². The maximum absolute atomic E-state index is 5.45. The van der Waals surface area contributed by atoms with E-state index in [-0.39, 0.29) is 0 Å². The van der Waals surface area contributed by atoms with Crippen LogP contribution in [0.3, 0.4) is 0 Å². The van der Waals surface area contributed by atoms with Crippen molar-refractivity contribution in [3.8, 4) is 0 Å². The normalized spacial score (nSPS) is 11.4. The van der Waals surface area contributed by atoms with Crippen LogP contribution in [0.15, 0.2) is 23.4 Å². The van der Waals surface area contributed by atoms with E-state index < -0.39 is 0 Å². The minimum atomic E-state index is 0.318. The summed E-state index contributed by atoms with van der Waals surface area (Å²) in [4.78, 5) is 4.24. The van der Waals surface area contributed by atoms with Gasteiger partial charge in [0.2, 0.25) is 0 Å². The predicted octanol–water partition coefficient (Wildman–Crippen LogP) is 1.77. The summed E-state index contributed by atoms with van der Waals surface area (Å²) in [6.45, 7) is 3.51. The van der Waals surface area contributed by atoms with Crippen molar-refractivity contribution in [3.63, 3.8) is 0 Å². The summed E-state index contributed by atoms with van der Waals surface area (Å²) in [6.07, 6.45) is 1.72. The first-order valence-corrected chi connectivity index (χ1v) is 6.54. The zero-order valence-corrected chi connectivity index (χ0v) is 12.6. The highest BCUT2D eigenvalue weighted by atomic mass is 32.1. The molecule has 0 aromatic carbocycles. The van der Waals surface area contributed by atoms with E-state index in [0.29, 0.717) is 24.1 Å². The Morgan fingerprint density at radius 2 is 2.32 bits per heavy atom. The maximum Gasteiger partial charge on any atom is 0.150 e. The number of rotatable bonds is 7. The van der Waals surface area contributed by atoms with Crippen molar-refractivity contribution in [2.75, 3.05) is 20.3 Å². The van der Waals surface area contributed by atoms with Crippen LogP contribution in [0.25, 0.3) is 0 Å². The van der Waals surface area contributed by atoms with E-state index in [1.807, 2.05) is 19.1 Å². The van der Waals surface area contributed by atoms with Gasteiger partial charge in [0.25, 0.3) is 0 Å². The zero-order valence-electron chi connectivity index (χ0n) is 10.9. The lowest BCUT2D eigenvalue weighted by Gasteiger charge is -2.06. The molecule has 1 aromatic heterocycles. The van der Waals surface area contributed by atoms with Crippen LogP contribution < -0.4 is 5.43 Å². The Hall–Kier alpha value is -1.02. The Morgan fingerprint density at radius 3 is 3.00 bits per heavy atom. The summed E-state index contributed by atoms with van der Waals surface area (Å²) in [7, 11) is 1.65. The Morgan fingerprint density at radius 1 is 1.53 bits per heavy atom. The van der Waals surface area contributed by atoms with Crippen LogP contribution in [0, 0.1) is 0 Å². The first-order valence-electron chi connectivity index (χ1n) is 5.68. The third kappa shape index (κ3) is 6.63. The number of thiol groups is 1. The molecule has 0 aliphatic heterocycles. The Kier molecular flexibility index (Phi) is 7.57. The number of hydrazone groups is 1. The van der Waals surface area contributed by atoms with Crippen LogP contribution in [0.2, 0.25) is 0 Å². The number of nitrogens with zero attached hydrogens (tertiary/aromatic N) is 2. The van der Waals surface area contributed by atoms with Crippen molar-refractivity contribution in [3.05, 3.63) is 29.6 Å². The molecular weight excluding hydrogens is 282 g/mol. The smallest absolute Gasteiger partial charge is 0.150 e. The quantitative estimate of drug-likeness (QED) is 0.264. The Balaban J connectivity index is 2.60. The third-order valence-electron chi connectivity index (χ3n) is 2.21. The van der Waals surface area contributed by atoms with Crippen molar-refractivity contribution in [2.45, 2.75) is 13.5 Å². The van der Waals surface area contributed by atoms with E-state index >= 15 is 0 Å². The van der Waals surface area contributed by atoms with E-state index in [4.69, 9.17) is 21.7 Å². The summed E-state index contributed by atoms with van der Waals surface area (Å²) in [5, 5.41) is 4.07. The second-order valence-electron chi connectivity index (χ2n) is 3.71. The first-order chi connectivity index (χ1) is 9.13. The van der Waals surface area contributed by atoms with Crippen molar-refractivity contribution in [1.82, 2.24) is 10.4 Å². The Labute approximate surface area is 123 Å². The van der Waals surface area contributed by atoms with Crippen LogP contribution in [0.1, 0.15) is 18.2 Å². The highest BCUT2D eigenvalue weighted by molar-refractivity contribution is 8.11. The molecule has 0 atom stereocenters. The van der Waals surface area contributed by atoms with Crippen LogP contribution in [0.5, 0.6) is 0 Å². The molecule has 0 bridgehead atoms. The van der Waals surface area contributed by atoms with Crippen LogP contribution >= 0.6 is 24.8 Å². The number of nitrogens with one attached hydrogen (secondary N) is 1. The molecule has 0 unspecified atom stereocenters. The number of ether oxygens (including phenoxy) is 2. The number of pyridine rings is 1. The first kappa shape index (κ1) is 16.0. The van der Waals surface area contributed by atoms with E-state index in [2.05, 4.69) is 28.1 Å². The highest BCUT2D eigenvalue weighted by Gasteiger charge is 2.02. The molecular formula is C12H17N3O2S2. The van der Waals surface area contributed by atoms with Gasteiger partial charge in [0, 0.05) is 13.3 Å². The molecule has 0 aliphatic carbocycles.